The summed E-state index contributed by atoms with van der Waals surface area (Å²) < 4.78 is 0. The Labute approximate surface area is 102 Å². The number of rotatable bonds is 2. The molecule has 0 saturated heterocycles. The van der Waals surface area contributed by atoms with E-state index in [0.29, 0.717) is 11.8 Å². The van der Waals surface area contributed by atoms with Crippen molar-refractivity contribution in [1.29, 1.82) is 0 Å². The lowest BCUT2D eigenvalue weighted by Gasteiger charge is -2.40. The van der Waals surface area contributed by atoms with Crippen molar-refractivity contribution in [1.82, 2.24) is 0 Å². The van der Waals surface area contributed by atoms with E-state index in [4.69, 9.17) is 17.2 Å². The average molecular weight is 232 g/mol. The van der Waals surface area contributed by atoms with E-state index in [1.54, 1.807) is 0 Å². The molecule has 6 N–H and O–H groups in total. The maximum atomic E-state index is 6.52. The summed E-state index contributed by atoms with van der Waals surface area (Å²) in [6, 6.07) is 7.40. The lowest BCUT2D eigenvalue weighted by Crippen LogP contribution is -2.60. The SMILES string of the molecule is CC(C)CC1(N)c2ccccc2N=C(N)C1N. The van der Waals surface area contributed by atoms with Crippen LogP contribution in [-0.4, -0.2) is 11.9 Å². The quantitative estimate of drug-likeness (QED) is 0.716. The summed E-state index contributed by atoms with van der Waals surface area (Å²) in [7, 11) is 0. The minimum Gasteiger partial charge on any atom is -0.386 e. The Bertz CT molecular complexity index is 452. The average Bonchev–Trinajstić information content (AvgIpc) is 2.26. The van der Waals surface area contributed by atoms with Crippen molar-refractivity contribution >= 4 is 11.5 Å². The van der Waals surface area contributed by atoms with Gasteiger partial charge in [-0.2, -0.15) is 0 Å². The maximum absolute atomic E-state index is 6.52. The van der Waals surface area contributed by atoms with E-state index in [-0.39, 0.29) is 0 Å². The van der Waals surface area contributed by atoms with Gasteiger partial charge in [0.15, 0.2) is 0 Å². The van der Waals surface area contributed by atoms with E-state index >= 15 is 0 Å². The third-order valence-corrected chi connectivity index (χ3v) is 3.27. The molecule has 2 atom stereocenters. The molecule has 2 unspecified atom stereocenters. The first kappa shape index (κ1) is 12.1. The summed E-state index contributed by atoms with van der Waals surface area (Å²) in [4.78, 5) is 4.32. The van der Waals surface area contributed by atoms with Crippen LogP contribution < -0.4 is 17.2 Å². The molecule has 4 heteroatoms. The molecule has 1 heterocycles. The predicted molar refractivity (Wildman–Crippen MR) is 71.0 cm³/mol. The minimum atomic E-state index is -0.614. The smallest absolute Gasteiger partial charge is 0.119 e. The maximum Gasteiger partial charge on any atom is 0.119 e. The van der Waals surface area contributed by atoms with E-state index in [1.807, 2.05) is 24.3 Å². The molecule has 2 rings (SSSR count). The molecule has 17 heavy (non-hydrogen) atoms. The van der Waals surface area contributed by atoms with Crippen molar-refractivity contribution < 1.29 is 0 Å². The highest BCUT2D eigenvalue weighted by Gasteiger charge is 2.41. The molecule has 0 saturated carbocycles. The van der Waals surface area contributed by atoms with E-state index in [9.17, 15) is 0 Å². The summed E-state index contributed by atoms with van der Waals surface area (Å²) in [5, 5.41) is 0. The lowest BCUT2D eigenvalue weighted by atomic mass is 9.75. The normalized spacial score (nSPS) is 27.8. The summed E-state index contributed by atoms with van der Waals surface area (Å²) in [6.07, 6.45) is 0.793. The molecule has 1 aliphatic rings. The first-order chi connectivity index (χ1) is 7.95. The lowest BCUT2D eigenvalue weighted by molar-refractivity contribution is 0.325. The number of aliphatic imine (C=N–C) groups is 1. The molecular weight excluding hydrogens is 212 g/mol. The van der Waals surface area contributed by atoms with Gasteiger partial charge in [0.1, 0.15) is 5.84 Å². The first-order valence-electron chi connectivity index (χ1n) is 5.93. The van der Waals surface area contributed by atoms with Crippen LogP contribution in [0.5, 0.6) is 0 Å². The van der Waals surface area contributed by atoms with Gasteiger partial charge in [-0.3, -0.25) is 0 Å². The fourth-order valence-electron chi connectivity index (χ4n) is 2.52. The first-order valence-corrected chi connectivity index (χ1v) is 5.93. The number of para-hydroxylation sites is 1. The summed E-state index contributed by atoms with van der Waals surface area (Å²) >= 11 is 0. The van der Waals surface area contributed by atoms with E-state index in [2.05, 4.69) is 18.8 Å². The zero-order valence-corrected chi connectivity index (χ0v) is 10.4. The van der Waals surface area contributed by atoms with Crippen molar-refractivity contribution in [2.45, 2.75) is 31.8 Å². The number of hydrogen-bond donors (Lipinski definition) is 3. The van der Waals surface area contributed by atoms with Gasteiger partial charge in [-0.05, 0) is 24.0 Å². The fraction of sp³-hybridized carbons (Fsp3) is 0.462. The van der Waals surface area contributed by atoms with Gasteiger partial charge in [-0.15, -0.1) is 0 Å². The Balaban J connectivity index is 2.55. The van der Waals surface area contributed by atoms with Crippen LogP contribution >= 0.6 is 0 Å². The highest BCUT2D eigenvalue weighted by molar-refractivity contribution is 5.92. The highest BCUT2D eigenvalue weighted by Crippen LogP contribution is 2.38. The molecule has 0 aliphatic carbocycles. The van der Waals surface area contributed by atoms with Gasteiger partial charge in [0.2, 0.25) is 0 Å². The van der Waals surface area contributed by atoms with Gasteiger partial charge in [-0.25, -0.2) is 4.99 Å². The van der Waals surface area contributed by atoms with Gasteiger partial charge in [0, 0.05) is 0 Å². The van der Waals surface area contributed by atoms with Gasteiger partial charge in [-0.1, -0.05) is 32.0 Å². The van der Waals surface area contributed by atoms with Gasteiger partial charge >= 0.3 is 0 Å². The topological polar surface area (TPSA) is 90.4 Å². The molecule has 0 fully saturated rings. The fourth-order valence-corrected chi connectivity index (χ4v) is 2.52. The van der Waals surface area contributed by atoms with Crippen LogP contribution in [-0.2, 0) is 5.54 Å². The van der Waals surface area contributed by atoms with Crippen molar-refractivity contribution in [3.63, 3.8) is 0 Å². The van der Waals surface area contributed by atoms with Gasteiger partial charge < -0.3 is 17.2 Å². The van der Waals surface area contributed by atoms with E-state index in [1.165, 1.54) is 0 Å². The zero-order chi connectivity index (χ0) is 12.6. The summed E-state index contributed by atoms with van der Waals surface area (Å²) in [5.74, 6) is 0.872. The Hall–Kier alpha value is -1.39. The predicted octanol–water partition coefficient (Wildman–Crippen LogP) is 1.22. The van der Waals surface area contributed by atoms with E-state index < -0.39 is 11.6 Å². The van der Waals surface area contributed by atoms with Crippen molar-refractivity contribution in [3.05, 3.63) is 29.8 Å². The minimum absolute atomic E-state index is 0.417. The standard InChI is InChI=1S/C13H20N4/c1-8(2)7-13(16)9-5-3-4-6-10(9)17-12(15)11(13)14/h3-6,8,11H,7,14,16H2,1-2H3,(H2,15,17). The Kier molecular flexibility index (Phi) is 2.93. The molecule has 4 nitrogen and oxygen atoms in total. The van der Waals surface area contributed by atoms with Crippen LogP contribution in [0.4, 0.5) is 5.69 Å². The van der Waals surface area contributed by atoms with Crippen molar-refractivity contribution in [3.8, 4) is 0 Å². The second kappa shape index (κ2) is 4.13. The van der Waals surface area contributed by atoms with Crippen LogP contribution in [0.2, 0.25) is 0 Å². The summed E-state index contributed by atoms with van der Waals surface area (Å²) in [6.45, 7) is 4.26. The molecule has 1 aliphatic heterocycles. The van der Waals surface area contributed by atoms with Crippen molar-refractivity contribution in [2.75, 3.05) is 0 Å². The Morgan fingerprint density at radius 2 is 2.00 bits per heavy atom. The van der Waals surface area contributed by atoms with Crippen LogP contribution in [0.25, 0.3) is 0 Å². The van der Waals surface area contributed by atoms with E-state index in [0.717, 1.165) is 17.7 Å². The third-order valence-electron chi connectivity index (χ3n) is 3.27. The van der Waals surface area contributed by atoms with Crippen LogP contribution in [0.1, 0.15) is 25.8 Å². The third kappa shape index (κ3) is 1.94. The second-order valence-corrected chi connectivity index (χ2v) is 5.17. The molecule has 92 valence electrons. The highest BCUT2D eigenvalue weighted by atomic mass is 15.0. The molecule has 1 aromatic carbocycles. The molecule has 0 bridgehead atoms. The number of nitrogens with zero attached hydrogens (tertiary/aromatic N) is 1. The second-order valence-electron chi connectivity index (χ2n) is 5.17. The molecule has 0 radical (unpaired) electrons. The van der Waals surface area contributed by atoms with Crippen molar-refractivity contribution in [2.24, 2.45) is 28.1 Å². The Morgan fingerprint density at radius 1 is 1.35 bits per heavy atom. The summed E-state index contributed by atoms with van der Waals surface area (Å²) in [5.41, 5.74) is 19.8. The number of fused-ring (bicyclic) bond motifs is 1. The van der Waals surface area contributed by atoms with Gasteiger partial charge in [0.25, 0.3) is 0 Å². The Morgan fingerprint density at radius 3 is 2.65 bits per heavy atom. The van der Waals surface area contributed by atoms with Gasteiger partial charge in [0.05, 0.1) is 17.3 Å². The van der Waals surface area contributed by atoms with Crippen LogP contribution in [0.15, 0.2) is 29.3 Å². The number of amidine groups is 1. The molecular formula is C13H20N4. The monoisotopic (exact) mass is 232 g/mol. The number of hydrogen-bond acceptors (Lipinski definition) is 4. The zero-order valence-electron chi connectivity index (χ0n) is 10.4. The van der Waals surface area contributed by atoms with Crippen LogP contribution in [0.3, 0.4) is 0 Å². The molecule has 0 spiro atoms. The number of benzene rings is 1. The molecule has 0 aromatic heterocycles. The van der Waals surface area contributed by atoms with Crippen LogP contribution in [0, 0.1) is 5.92 Å². The largest absolute Gasteiger partial charge is 0.386 e. The number of nitrogens with two attached hydrogens (primary N) is 3. The molecule has 0 amide bonds. The molecule has 1 aromatic rings.